The van der Waals surface area contributed by atoms with Crippen LogP contribution in [0, 0.1) is 10.1 Å². The Morgan fingerprint density at radius 3 is 2.57 bits per heavy atom. The van der Waals surface area contributed by atoms with Crippen molar-refractivity contribution in [3.63, 3.8) is 0 Å². The number of nitrogens with one attached hydrogen (secondary N) is 3. The zero-order chi connectivity index (χ0) is 16.8. The molecule has 10 heteroatoms. The van der Waals surface area contributed by atoms with Crippen LogP contribution in [-0.4, -0.2) is 27.0 Å². The lowest BCUT2D eigenvalue weighted by Gasteiger charge is -1.99. The van der Waals surface area contributed by atoms with E-state index in [-0.39, 0.29) is 17.8 Å². The molecule has 0 aliphatic rings. The van der Waals surface area contributed by atoms with Crippen molar-refractivity contribution < 1.29 is 9.72 Å². The highest BCUT2D eigenvalue weighted by molar-refractivity contribution is 5.83. The third-order valence-corrected chi connectivity index (χ3v) is 2.67. The highest BCUT2D eigenvalue weighted by Gasteiger charge is 2.05. The summed E-state index contributed by atoms with van der Waals surface area (Å²) in [5, 5.41) is 14.2. The molecule has 0 atom stereocenters. The molecule has 0 aliphatic heterocycles. The van der Waals surface area contributed by atoms with E-state index in [4.69, 9.17) is 0 Å². The van der Waals surface area contributed by atoms with Gasteiger partial charge in [0.1, 0.15) is 0 Å². The number of aromatic amines is 2. The van der Waals surface area contributed by atoms with E-state index in [2.05, 4.69) is 15.5 Å². The molecule has 1 aromatic heterocycles. The van der Waals surface area contributed by atoms with Gasteiger partial charge in [-0.2, -0.15) is 5.10 Å². The first-order valence-corrected chi connectivity index (χ1v) is 6.33. The van der Waals surface area contributed by atoms with Crippen molar-refractivity contribution in [2.24, 2.45) is 5.10 Å². The predicted molar refractivity (Wildman–Crippen MR) is 80.2 cm³/mol. The molecule has 0 bridgehead atoms. The maximum Gasteiger partial charge on any atom is 0.325 e. The minimum atomic E-state index is -0.699. The number of non-ortho nitro benzene ring substituents is 1. The number of benzene rings is 1. The zero-order valence-electron chi connectivity index (χ0n) is 11.6. The largest absolute Gasteiger partial charge is 0.325 e. The first kappa shape index (κ1) is 15.8. The Kier molecular flexibility index (Phi) is 4.77. The summed E-state index contributed by atoms with van der Waals surface area (Å²) in [5.41, 5.74) is 1.57. The van der Waals surface area contributed by atoms with Gasteiger partial charge in [0, 0.05) is 23.9 Å². The summed E-state index contributed by atoms with van der Waals surface area (Å²) in [4.78, 5) is 48.0. The Labute approximate surface area is 128 Å². The lowest BCUT2D eigenvalue weighted by molar-refractivity contribution is -0.384. The maximum atomic E-state index is 11.6. The van der Waals surface area contributed by atoms with Gasteiger partial charge in [-0.15, -0.1) is 0 Å². The SMILES string of the molecule is O=C(Cc1cc(=O)[nH]c(=O)[nH]1)NN=Cc1ccc([N+](=O)[O-])cc1. The summed E-state index contributed by atoms with van der Waals surface area (Å²) < 4.78 is 0. The lowest BCUT2D eigenvalue weighted by atomic mass is 10.2. The highest BCUT2D eigenvalue weighted by Crippen LogP contribution is 2.10. The Bertz CT molecular complexity index is 837. The van der Waals surface area contributed by atoms with Crippen LogP contribution < -0.4 is 16.7 Å². The Balaban J connectivity index is 1.94. The number of aromatic nitrogens is 2. The summed E-state index contributed by atoms with van der Waals surface area (Å²) >= 11 is 0. The number of amides is 1. The predicted octanol–water partition coefficient (Wildman–Crippen LogP) is -0.336. The fraction of sp³-hybridized carbons (Fsp3) is 0.0769. The number of hydrazone groups is 1. The topological polar surface area (TPSA) is 150 Å². The van der Waals surface area contributed by atoms with Gasteiger partial charge in [-0.3, -0.25) is 24.7 Å². The molecule has 0 saturated carbocycles. The van der Waals surface area contributed by atoms with Crippen LogP contribution in [0.2, 0.25) is 0 Å². The van der Waals surface area contributed by atoms with Crippen LogP contribution in [0.4, 0.5) is 5.69 Å². The van der Waals surface area contributed by atoms with Crippen molar-refractivity contribution in [3.8, 4) is 0 Å². The molecule has 1 heterocycles. The van der Waals surface area contributed by atoms with Gasteiger partial charge in [-0.05, 0) is 17.7 Å². The van der Waals surface area contributed by atoms with E-state index in [0.717, 1.165) is 6.07 Å². The monoisotopic (exact) mass is 317 g/mol. The van der Waals surface area contributed by atoms with Gasteiger partial charge in [0.05, 0.1) is 17.6 Å². The van der Waals surface area contributed by atoms with E-state index in [1.165, 1.54) is 30.5 Å². The van der Waals surface area contributed by atoms with E-state index in [1.807, 2.05) is 4.98 Å². The first-order chi connectivity index (χ1) is 10.9. The molecule has 3 N–H and O–H groups in total. The number of nitrogens with zero attached hydrogens (tertiary/aromatic N) is 2. The van der Waals surface area contributed by atoms with Crippen LogP contribution in [-0.2, 0) is 11.2 Å². The molecule has 1 amide bonds. The number of hydrogen-bond acceptors (Lipinski definition) is 6. The summed E-state index contributed by atoms with van der Waals surface area (Å²) in [6, 6.07) is 6.67. The molecule has 1 aromatic carbocycles. The first-order valence-electron chi connectivity index (χ1n) is 6.33. The van der Waals surface area contributed by atoms with E-state index in [9.17, 15) is 24.5 Å². The summed E-state index contributed by atoms with van der Waals surface area (Å²) in [6.45, 7) is 0. The maximum absolute atomic E-state index is 11.6. The molecule has 23 heavy (non-hydrogen) atoms. The molecule has 0 spiro atoms. The van der Waals surface area contributed by atoms with Gasteiger partial charge in [0.25, 0.3) is 11.2 Å². The van der Waals surface area contributed by atoms with Gasteiger partial charge >= 0.3 is 5.69 Å². The van der Waals surface area contributed by atoms with Crippen LogP contribution in [0.15, 0.2) is 45.0 Å². The Hall–Kier alpha value is -3.56. The molecule has 0 saturated heterocycles. The number of nitro groups is 1. The summed E-state index contributed by atoms with van der Waals surface area (Å²) in [7, 11) is 0. The number of carbonyl (C=O) groups excluding carboxylic acids is 1. The van der Waals surface area contributed by atoms with E-state index >= 15 is 0 Å². The van der Waals surface area contributed by atoms with Crippen molar-refractivity contribution in [3.05, 3.63) is 72.5 Å². The molecule has 0 unspecified atom stereocenters. The molecular formula is C13H11N5O5. The second kappa shape index (κ2) is 6.93. The third-order valence-electron chi connectivity index (χ3n) is 2.67. The van der Waals surface area contributed by atoms with E-state index in [0.29, 0.717) is 5.56 Å². The van der Waals surface area contributed by atoms with Gasteiger partial charge in [0.2, 0.25) is 5.91 Å². The van der Waals surface area contributed by atoms with Crippen molar-refractivity contribution >= 4 is 17.8 Å². The summed E-state index contributed by atoms with van der Waals surface area (Å²) in [5.74, 6) is -0.538. The minimum absolute atomic E-state index is 0.0514. The van der Waals surface area contributed by atoms with Crippen LogP contribution in [0.5, 0.6) is 0 Å². The molecule has 2 rings (SSSR count). The fourth-order valence-corrected chi connectivity index (χ4v) is 1.69. The molecule has 118 valence electrons. The number of nitro benzene ring substituents is 1. The fourth-order valence-electron chi connectivity index (χ4n) is 1.69. The third kappa shape index (κ3) is 4.74. The van der Waals surface area contributed by atoms with Gasteiger partial charge in [-0.1, -0.05) is 0 Å². The van der Waals surface area contributed by atoms with Gasteiger partial charge in [-0.25, -0.2) is 10.2 Å². The molecule has 0 fully saturated rings. The number of rotatable bonds is 5. The average Bonchev–Trinajstić information content (AvgIpc) is 2.46. The van der Waals surface area contributed by atoms with Crippen molar-refractivity contribution in [1.29, 1.82) is 0 Å². The molecule has 10 nitrogen and oxygen atoms in total. The van der Waals surface area contributed by atoms with Crippen molar-refractivity contribution in [1.82, 2.24) is 15.4 Å². The van der Waals surface area contributed by atoms with Crippen LogP contribution in [0.25, 0.3) is 0 Å². The quantitative estimate of drug-likeness (QED) is 0.392. The average molecular weight is 317 g/mol. The molecule has 0 aliphatic carbocycles. The van der Waals surface area contributed by atoms with E-state index < -0.39 is 22.1 Å². The Morgan fingerprint density at radius 1 is 1.26 bits per heavy atom. The van der Waals surface area contributed by atoms with Gasteiger partial charge in [0.15, 0.2) is 0 Å². The van der Waals surface area contributed by atoms with Gasteiger partial charge < -0.3 is 4.98 Å². The Morgan fingerprint density at radius 2 is 1.96 bits per heavy atom. The number of hydrogen-bond donors (Lipinski definition) is 3. The van der Waals surface area contributed by atoms with Crippen molar-refractivity contribution in [2.45, 2.75) is 6.42 Å². The second-order valence-electron chi connectivity index (χ2n) is 4.43. The van der Waals surface area contributed by atoms with Crippen LogP contribution >= 0.6 is 0 Å². The van der Waals surface area contributed by atoms with Crippen LogP contribution in [0.3, 0.4) is 0 Å². The lowest BCUT2D eigenvalue weighted by Crippen LogP contribution is -2.26. The standard InChI is InChI=1S/C13H11N5O5/c19-11-5-9(15-13(21)16-11)6-12(20)17-14-7-8-1-3-10(4-2-8)18(22)23/h1-5,7H,6H2,(H,17,20)(H2,15,16,19,21). The second-order valence-corrected chi connectivity index (χ2v) is 4.43. The smallest absolute Gasteiger partial charge is 0.311 e. The molecule has 0 radical (unpaired) electrons. The number of carbonyl (C=O) groups is 1. The minimum Gasteiger partial charge on any atom is -0.311 e. The molecular weight excluding hydrogens is 306 g/mol. The highest BCUT2D eigenvalue weighted by atomic mass is 16.6. The summed E-state index contributed by atoms with van der Waals surface area (Å²) in [6.07, 6.45) is 1.08. The normalized spacial score (nSPS) is 10.6. The van der Waals surface area contributed by atoms with Crippen LogP contribution in [0.1, 0.15) is 11.3 Å². The zero-order valence-corrected chi connectivity index (χ0v) is 11.6. The molecule has 2 aromatic rings. The number of H-pyrrole nitrogens is 2. The van der Waals surface area contributed by atoms with E-state index in [1.54, 1.807) is 0 Å². The van der Waals surface area contributed by atoms with Crippen molar-refractivity contribution in [2.75, 3.05) is 0 Å².